The van der Waals surface area contributed by atoms with E-state index in [9.17, 15) is 4.79 Å². The normalized spacial score (nSPS) is 20.7. The number of carbonyl (C=O) groups is 1. The van der Waals surface area contributed by atoms with E-state index in [2.05, 4.69) is 43.2 Å². The van der Waals surface area contributed by atoms with Crippen LogP contribution in [0.2, 0.25) is 0 Å². The van der Waals surface area contributed by atoms with E-state index in [4.69, 9.17) is 0 Å². The summed E-state index contributed by atoms with van der Waals surface area (Å²) >= 11 is 0. The van der Waals surface area contributed by atoms with E-state index >= 15 is 0 Å². The van der Waals surface area contributed by atoms with Gasteiger partial charge < -0.3 is 10.6 Å². The average molecular weight is 255 g/mol. The molecule has 0 saturated carbocycles. The standard InChI is InChI=1S/C14H29N3O/c1-11(2)17(12(3)4)9-8-16-14(18)13-6-5-7-15-10-13/h11-13,15H,5-10H2,1-4H3,(H,16,18)/t13-/m0/s1. The third-order valence-electron chi connectivity index (χ3n) is 3.66. The van der Waals surface area contributed by atoms with Crippen LogP contribution in [-0.2, 0) is 4.79 Å². The lowest BCUT2D eigenvalue weighted by Gasteiger charge is -2.31. The molecule has 0 aromatic heterocycles. The van der Waals surface area contributed by atoms with E-state index in [1.54, 1.807) is 0 Å². The number of piperidine rings is 1. The van der Waals surface area contributed by atoms with Gasteiger partial charge in [-0.15, -0.1) is 0 Å². The first-order chi connectivity index (χ1) is 8.52. The number of carbonyl (C=O) groups excluding carboxylic acids is 1. The van der Waals surface area contributed by atoms with Crippen molar-refractivity contribution in [3.8, 4) is 0 Å². The number of hydrogen-bond acceptors (Lipinski definition) is 3. The van der Waals surface area contributed by atoms with Crippen LogP contribution in [0.5, 0.6) is 0 Å². The molecule has 0 spiro atoms. The molecule has 4 nitrogen and oxygen atoms in total. The van der Waals surface area contributed by atoms with Gasteiger partial charge in [-0.1, -0.05) is 0 Å². The Kier molecular flexibility index (Phi) is 6.65. The number of amides is 1. The molecule has 0 aromatic rings. The largest absolute Gasteiger partial charge is 0.355 e. The summed E-state index contributed by atoms with van der Waals surface area (Å²) in [5, 5.41) is 6.35. The highest BCUT2D eigenvalue weighted by atomic mass is 16.1. The van der Waals surface area contributed by atoms with Crippen molar-refractivity contribution in [2.24, 2.45) is 5.92 Å². The van der Waals surface area contributed by atoms with E-state index in [1.165, 1.54) is 0 Å². The fraction of sp³-hybridized carbons (Fsp3) is 0.929. The van der Waals surface area contributed by atoms with Crippen molar-refractivity contribution in [1.29, 1.82) is 0 Å². The van der Waals surface area contributed by atoms with Crippen molar-refractivity contribution in [2.75, 3.05) is 26.2 Å². The fourth-order valence-electron chi connectivity index (χ4n) is 2.64. The van der Waals surface area contributed by atoms with Crippen molar-refractivity contribution < 1.29 is 4.79 Å². The molecule has 0 radical (unpaired) electrons. The Morgan fingerprint density at radius 3 is 2.50 bits per heavy atom. The molecule has 0 aliphatic carbocycles. The van der Waals surface area contributed by atoms with E-state index < -0.39 is 0 Å². The first-order valence-corrected chi connectivity index (χ1v) is 7.26. The highest BCUT2D eigenvalue weighted by Crippen LogP contribution is 2.09. The highest BCUT2D eigenvalue weighted by molar-refractivity contribution is 5.78. The van der Waals surface area contributed by atoms with Gasteiger partial charge in [0.15, 0.2) is 0 Å². The molecule has 1 aliphatic heterocycles. The summed E-state index contributed by atoms with van der Waals surface area (Å²) in [4.78, 5) is 14.4. The number of nitrogens with one attached hydrogen (secondary N) is 2. The van der Waals surface area contributed by atoms with Crippen LogP contribution in [0, 0.1) is 5.92 Å². The molecule has 0 aromatic carbocycles. The van der Waals surface area contributed by atoms with Crippen LogP contribution in [0.25, 0.3) is 0 Å². The van der Waals surface area contributed by atoms with Crippen molar-refractivity contribution >= 4 is 5.91 Å². The minimum atomic E-state index is 0.172. The summed E-state index contributed by atoms with van der Waals surface area (Å²) in [7, 11) is 0. The first-order valence-electron chi connectivity index (χ1n) is 7.26. The molecule has 1 rings (SSSR count). The number of nitrogens with zero attached hydrogens (tertiary/aromatic N) is 1. The minimum Gasteiger partial charge on any atom is -0.355 e. The second kappa shape index (κ2) is 7.74. The first kappa shape index (κ1) is 15.4. The van der Waals surface area contributed by atoms with Crippen LogP contribution in [0.1, 0.15) is 40.5 Å². The van der Waals surface area contributed by atoms with Crippen molar-refractivity contribution in [3.63, 3.8) is 0 Å². The molecule has 18 heavy (non-hydrogen) atoms. The van der Waals surface area contributed by atoms with E-state index in [1.807, 2.05) is 0 Å². The summed E-state index contributed by atoms with van der Waals surface area (Å²) in [6.07, 6.45) is 2.14. The molecular formula is C14H29N3O. The molecule has 1 heterocycles. The van der Waals surface area contributed by atoms with E-state index in [0.29, 0.717) is 12.1 Å². The Morgan fingerprint density at radius 2 is 2.00 bits per heavy atom. The zero-order valence-electron chi connectivity index (χ0n) is 12.3. The lowest BCUT2D eigenvalue weighted by atomic mass is 9.99. The Bertz CT molecular complexity index is 239. The number of hydrogen-bond donors (Lipinski definition) is 2. The molecule has 4 heteroatoms. The SMILES string of the molecule is CC(C)N(CCNC(=O)[C@H]1CCCNC1)C(C)C. The van der Waals surface area contributed by atoms with Crippen LogP contribution in [0.15, 0.2) is 0 Å². The maximum atomic E-state index is 11.9. The Hall–Kier alpha value is -0.610. The van der Waals surface area contributed by atoms with Crippen LogP contribution in [0.3, 0.4) is 0 Å². The van der Waals surface area contributed by atoms with Gasteiger partial charge in [0, 0.05) is 31.7 Å². The molecule has 1 amide bonds. The Morgan fingerprint density at radius 1 is 1.33 bits per heavy atom. The molecule has 1 fully saturated rings. The molecule has 106 valence electrons. The maximum absolute atomic E-state index is 11.9. The third kappa shape index (κ3) is 4.94. The highest BCUT2D eigenvalue weighted by Gasteiger charge is 2.20. The maximum Gasteiger partial charge on any atom is 0.224 e. The van der Waals surface area contributed by atoms with Gasteiger partial charge in [0.25, 0.3) is 0 Å². The molecule has 2 N–H and O–H groups in total. The average Bonchev–Trinajstić information content (AvgIpc) is 2.34. The summed E-state index contributed by atoms with van der Waals surface area (Å²) in [6, 6.07) is 1.05. The van der Waals surface area contributed by atoms with Crippen molar-refractivity contribution in [3.05, 3.63) is 0 Å². The predicted molar refractivity (Wildman–Crippen MR) is 75.6 cm³/mol. The van der Waals surface area contributed by atoms with Crippen LogP contribution < -0.4 is 10.6 Å². The smallest absolute Gasteiger partial charge is 0.224 e. The summed E-state index contributed by atoms with van der Waals surface area (Å²) in [5.41, 5.74) is 0. The van der Waals surface area contributed by atoms with Crippen molar-refractivity contribution in [1.82, 2.24) is 15.5 Å². The minimum absolute atomic E-state index is 0.172. The number of rotatable bonds is 6. The Labute approximate surface area is 111 Å². The predicted octanol–water partition coefficient (Wildman–Crippen LogP) is 1.22. The molecule has 0 bridgehead atoms. The topological polar surface area (TPSA) is 44.4 Å². The quantitative estimate of drug-likeness (QED) is 0.750. The van der Waals surface area contributed by atoms with Gasteiger partial charge in [-0.05, 0) is 47.1 Å². The van der Waals surface area contributed by atoms with Crippen LogP contribution in [0.4, 0.5) is 0 Å². The van der Waals surface area contributed by atoms with Gasteiger partial charge in [0.2, 0.25) is 5.91 Å². The van der Waals surface area contributed by atoms with Crippen LogP contribution in [-0.4, -0.2) is 49.1 Å². The zero-order chi connectivity index (χ0) is 13.5. The Balaban J connectivity index is 2.25. The summed E-state index contributed by atoms with van der Waals surface area (Å²) in [6.45, 7) is 12.4. The zero-order valence-corrected chi connectivity index (χ0v) is 12.3. The second-order valence-corrected chi connectivity index (χ2v) is 5.76. The van der Waals surface area contributed by atoms with Gasteiger partial charge >= 0.3 is 0 Å². The fourth-order valence-corrected chi connectivity index (χ4v) is 2.64. The van der Waals surface area contributed by atoms with Gasteiger partial charge in [-0.25, -0.2) is 0 Å². The molecule has 1 atom stereocenters. The lowest BCUT2D eigenvalue weighted by molar-refractivity contribution is -0.125. The van der Waals surface area contributed by atoms with Gasteiger partial charge in [0.1, 0.15) is 0 Å². The lowest BCUT2D eigenvalue weighted by Crippen LogP contribution is -2.45. The third-order valence-corrected chi connectivity index (χ3v) is 3.66. The summed E-state index contributed by atoms with van der Waals surface area (Å²) in [5.74, 6) is 0.389. The van der Waals surface area contributed by atoms with Crippen LogP contribution >= 0.6 is 0 Å². The molecule has 1 aliphatic rings. The van der Waals surface area contributed by atoms with E-state index in [0.717, 1.165) is 39.0 Å². The summed E-state index contributed by atoms with van der Waals surface area (Å²) < 4.78 is 0. The molecule has 0 unspecified atom stereocenters. The molecule has 1 saturated heterocycles. The van der Waals surface area contributed by atoms with Crippen molar-refractivity contribution in [2.45, 2.75) is 52.6 Å². The van der Waals surface area contributed by atoms with Gasteiger partial charge in [-0.3, -0.25) is 9.69 Å². The van der Waals surface area contributed by atoms with Gasteiger partial charge in [0.05, 0.1) is 5.92 Å². The van der Waals surface area contributed by atoms with E-state index in [-0.39, 0.29) is 11.8 Å². The van der Waals surface area contributed by atoms with Gasteiger partial charge in [-0.2, -0.15) is 0 Å². The monoisotopic (exact) mass is 255 g/mol. The molecular weight excluding hydrogens is 226 g/mol. The second-order valence-electron chi connectivity index (χ2n) is 5.76.